The molecule has 1 unspecified atom stereocenters. The number of nitrogens with zero attached hydrogens (tertiary/aromatic N) is 1. The van der Waals surface area contributed by atoms with E-state index < -0.39 is 10.0 Å². The molecule has 0 aliphatic carbocycles. The Morgan fingerprint density at radius 3 is 2.70 bits per heavy atom. The molecule has 110 valence electrons. The highest BCUT2D eigenvalue weighted by molar-refractivity contribution is 7.89. The van der Waals surface area contributed by atoms with Crippen LogP contribution in [0.15, 0.2) is 29.2 Å². The Balaban J connectivity index is 3.08. The zero-order chi connectivity index (χ0) is 15.2. The molecule has 5 heteroatoms. The van der Waals surface area contributed by atoms with E-state index in [1.165, 1.54) is 4.31 Å². The van der Waals surface area contributed by atoms with E-state index in [4.69, 9.17) is 5.11 Å². The molecule has 1 atom stereocenters. The molecule has 0 saturated carbocycles. The van der Waals surface area contributed by atoms with Crippen molar-refractivity contribution in [1.82, 2.24) is 4.31 Å². The maximum absolute atomic E-state index is 12.5. The Bertz CT molecular complexity index is 599. The monoisotopic (exact) mass is 295 g/mol. The van der Waals surface area contributed by atoms with Crippen molar-refractivity contribution in [1.29, 1.82) is 0 Å². The Hall–Kier alpha value is -1.35. The number of benzene rings is 1. The zero-order valence-electron chi connectivity index (χ0n) is 12.1. The van der Waals surface area contributed by atoms with E-state index in [0.717, 1.165) is 6.42 Å². The normalized spacial score (nSPS) is 12.8. The first kappa shape index (κ1) is 16.7. The van der Waals surface area contributed by atoms with Crippen LogP contribution in [0.3, 0.4) is 0 Å². The third kappa shape index (κ3) is 4.07. The lowest BCUT2D eigenvalue weighted by atomic mass is 10.2. The predicted octanol–water partition coefficient (Wildman–Crippen LogP) is 1.84. The van der Waals surface area contributed by atoms with E-state index in [1.54, 1.807) is 31.3 Å². The first-order valence-corrected chi connectivity index (χ1v) is 8.05. The fraction of sp³-hybridized carbons (Fsp3) is 0.467. The lowest BCUT2D eigenvalue weighted by molar-refractivity contribution is 0.305. The van der Waals surface area contributed by atoms with E-state index in [2.05, 4.69) is 11.8 Å². The van der Waals surface area contributed by atoms with Crippen LogP contribution in [-0.4, -0.2) is 37.5 Å². The van der Waals surface area contributed by atoms with Gasteiger partial charge in [0.1, 0.15) is 0 Å². The molecular formula is C15H21NO3S. The van der Waals surface area contributed by atoms with Crippen LogP contribution < -0.4 is 0 Å². The molecule has 0 aromatic heterocycles. The predicted molar refractivity (Wildman–Crippen MR) is 79.7 cm³/mol. The van der Waals surface area contributed by atoms with Gasteiger partial charge < -0.3 is 5.11 Å². The van der Waals surface area contributed by atoms with Crippen molar-refractivity contribution in [2.75, 3.05) is 13.7 Å². The summed E-state index contributed by atoms with van der Waals surface area (Å²) in [5.41, 5.74) is 0.636. The fourth-order valence-corrected chi connectivity index (χ4v) is 3.10. The van der Waals surface area contributed by atoms with Crippen LogP contribution in [0.5, 0.6) is 0 Å². The van der Waals surface area contributed by atoms with E-state index in [-0.39, 0.29) is 17.5 Å². The van der Waals surface area contributed by atoms with E-state index in [9.17, 15) is 8.42 Å². The molecule has 20 heavy (non-hydrogen) atoms. The molecular weight excluding hydrogens is 274 g/mol. The van der Waals surface area contributed by atoms with Gasteiger partial charge in [-0.2, -0.15) is 4.31 Å². The molecule has 0 spiro atoms. The van der Waals surface area contributed by atoms with Gasteiger partial charge in [-0.15, -0.1) is 0 Å². The van der Waals surface area contributed by atoms with Crippen LogP contribution >= 0.6 is 0 Å². The van der Waals surface area contributed by atoms with Crippen LogP contribution in [0, 0.1) is 11.8 Å². The number of hydrogen-bond acceptors (Lipinski definition) is 3. The Kier molecular flexibility index (Phi) is 6.21. The molecule has 0 heterocycles. The standard InChI is InChI=1S/C15H21NO3S/c1-4-13(2)16(3)20(18,19)15-10-7-9-14(12-15)8-5-6-11-17/h7,9-10,12-13,17H,4,6,11H2,1-3H3. The number of aliphatic hydroxyl groups excluding tert-OH is 1. The average molecular weight is 295 g/mol. The van der Waals surface area contributed by atoms with Gasteiger partial charge in [0.2, 0.25) is 10.0 Å². The van der Waals surface area contributed by atoms with Gasteiger partial charge in [0.15, 0.2) is 0 Å². The minimum Gasteiger partial charge on any atom is -0.395 e. The van der Waals surface area contributed by atoms with Crippen LogP contribution in [0.1, 0.15) is 32.3 Å². The van der Waals surface area contributed by atoms with Gasteiger partial charge >= 0.3 is 0 Å². The smallest absolute Gasteiger partial charge is 0.243 e. The summed E-state index contributed by atoms with van der Waals surface area (Å²) in [4.78, 5) is 0.246. The lowest BCUT2D eigenvalue weighted by Crippen LogP contribution is -2.34. The van der Waals surface area contributed by atoms with Crippen LogP contribution in [0.25, 0.3) is 0 Å². The van der Waals surface area contributed by atoms with Crippen LogP contribution in [0.4, 0.5) is 0 Å². The first-order chi connectivity index (χ1) is 9.43. The van der Waals surface area contributed by atoms with Crippen molar-refractivity contribution >= 4 is 10.0 Å². The molecule has 0 aliphatic heterocycles. The molecule has 0 fully saturated rings. The summed E-state index contributed by atoms with van der Waals surface area (Å²) < 4.78 is 26.3. The van der Waals surface area contributed by atoms with E-state index in [1.807, 2.05) is 13.8 Å². The average Bonchev–Trinajstić information content (AvgIpc) is 2.46. The molecule has 1 aromatic carbocycles. The first-order valence-electron chi connectivity index (χ1n) is 6.61. The van der Waals surface area contributed by atoms with E-state index in [0.29, 0.717) is 12.0 Å². The topological polar surface area (TPSA) is 57.6 Å². The molecule has 0 aliphatic rings. The van der Waals surface area contributed by atoms with Gasteiger partial charge in [-0.1, -0.05) is 24.8 Å². The summed E-state index contributed by atoms with van der Waals surface area (Å²) in [5.74, 6) is 5.63. The van der Waals surface area contributed by atoms with E-state index >= 15 is 0 Å². The maximum Gasteiger partial charge on any atom is 0.243 e. The molecule has 0 bridgehead atoms. The van der Waals surface area contributed by atoms with Gasteiger partial charge in [-0.3, -0.25) is 0 Å². The summed E-state index contributed by atoms with van der Waals surface area (Å²) in [7, 11) is -1.90. The van der Waals surface area contributed by atoms with Crippen LogP contribution in [0.2, 0.25) is 0 Å². The Morgan fingerprint density at radius 2 is 2.10 bits per heavy atom. The van der Waals surface area contributed by atoms with Gasteiger partial charge in [0.05, 0.1) is 11.5 Å². The van der Waals surface area contributed by atoms with Crippen LogP contribution in [-0.2, 0) is 10.0 Å². The second-order valence-electron chi connectivity index (χ2n) is 4.58. The van der Waals surface area contributed by atoms with Gasteiger partial charge in [-0.05, 0) is 31.5 Å². The van der Waals surface area contributed by atoms with Crippen molar-refractivity contribution in [3.63, 3.8) is 0 Å². The van der Waals surface area contributed by atoms with Crippen molar-refractivity contribution in [3.8, 4) is 11.8 Å². The summed E-state index contributed by atoms with van der Waals surface area (Å²) in [6, 6.07) is 6.53. The van der Waals surface area contributed by atoms with Crippen molar-refractivity contribution < 1.29 is 13.5 Å². The Labute approximate surface area is 121 Å². The molecule has 0 radical (unpaired) electrons. The third-order valence-corrected chi connectivity index (χ3v) is 5.16. The molecule has 1 N–H and O–H groups in total. The number of hydrogen-bond donors (Lipinski definition) is 1. The van der Waals surface area contributed by atoms with Crippen molar-refractivity contribution in [3.05, 3.63) is 29.8 Å². The fourth-order valence-electron chi connectivity index (χ4n) is 1.62. The van der Waals surface area contributed by atoms with Gasteiger partial charge in [0.25, 0.3) is 0 Å². The lowest BCUT2D eigenvalue weighted by Gasteiger charge is -2.23. The minimum absolute atomic E-state index is 0.00173. The highest BCUT2D eigenvalue weighted by atomic mass is 32.2. The molecule has 1 rings (SSSR count). The highest BCUT2D eigenvalue weighted by Crippen LogP contribution is 2.18. The van der Waals surface area contributed by atoms with Crippen molar-refractivity contribution in [2.24, 2.45) is 0 Å². The Morgan fingerprint density at radius 1 is 1.40 bits per heavy atom. The van der Waals surface area contributed by atoms with Gasteiger partial charge in [0, 0.05) is 25.1 Å². The SMILES string of the molecule is CCC(C)N(C)S(=O)(=O)c1cccc(C#CCCO)c1. The molecule has 0 amide bonds. The summed E-state index contributed by atoms with van der Waals surface area (Å²) in [6.07, 6.45) is 1.13. The summed E-state index contributed by atoms with van der Waals surface area (Å²) >= 11 is 0. The number of sulfonamides is 1. The highest BCUT2D eigenvalue weighted by Gasteiger charge is 2.24. The number of aliphatic hydroxyl groups is 1. The minimum atomic E-state index is -3.49. The van der Waals surface area contributed by atoms with Crippen molar-refractivity contribution in [2.45, 2.75) is 37.6 Å². The maximum atomic E-state index is 12.5. The third-order valence-electron chi connectivity index (χ3n) is 3.19. The molecule has 1 aromatic rings. The molecule has 0 saturated heterocycles. The summed E-state index contributed by atoms with van der Waals surface area (Å²) in [5, 5.41) is 8.68. The largest absolute Gasteiger partial charge is 0.395 e. The second kappa shape index (κ2) is 7.44. The second-order valence-corrected chi connectivity index (χ2v) is 6.58. The quantitative estimate of drug-likeness (QED) is 0.843. The number of rotatable bonds is 5. The summed E-state index contributed by atoms with van der Waals surface area (Å²) in [6.45, 7) is 3.83. The van der Waals surface area contributed by atoms with Gasteiger partial charge in [-0.25, -0.2) is 8.42 Å². The molecule has 4 nitrogen and oxygen atoms in total. The zero-order valence-corrected chi connectivity index (χ0v) is 12.9.